The molecule has 2 aromatic rings. The molecule has 2 bridgehead atoms. The average Bonchev–Trinajstić information content (AvgIpc) is 3.42. The topological polar surface area (TPSA) is 26.7 Å². The van der Waals surface area contributed by atoms with Crippen LogP contribution in [0.1, 0.15) is 37.7 Å². The van der Waals surface area contributed by atoms with Crippen LogP contribution in [0.15, 0.2) is 48.2 Å². The van der Waals surface area contributed by atoms with Crippen LogP contribution >= 0.6 is 12.4 Å². The summed E-state index contributed by atoms with van der Waals surface area (Å²) in [4.78, 5) is 0. The Balaban J connectivity index is 0.00000180. The van der Waals surface area contributed by atoms with Gasteiger partial charge in [0.2, 0.25) is 0 Å². The Hall–Kier alpha value is -1.55. The van der Waals surface area contributed by atoms with Gasteiger partial charge in [0.05, 0.1) is 12.6 Å². The third-order valence-electron chi connectivity index (χ3n) is 6.85. The summed E-state index contributed by atoms with van der Waals surface area (Å²) < 4.78 is 0. The Morgan fingerprint density at radius 3 is 2.63 bits per heavy atom. The quantitative estimate of drug-likeness (QED) is 0.827. The maximum atomic E-state index is 9.78. The SMILES string of the molecule is CN(C1=C(c2ccc3ccccc3c2)C2CCC1C2)N1CCC[C@@H]1CO.Cl. The molecule has 4 heteroatoms. The van der Waals surface area contributed by atoms with Crippen molar-refractivity contribution in [1.82, 2.24) is 10.0 Å². The van der Waals surface area contributed by atoms with E-state index >= 15 is 0 Å². The van der Waals surface area contributed by atoms with Crippen LogP contribution in [0.2, 0.25) is 0 Å². The minimum atomic E-state index is 0. The number of nitrogens with zero attached hydrogens (tertiary/aromatic N) is 2. The highest BCUT2D eigenvalue weighted by atomic mass is 35.5. The zero-order valence-corrected chi connectivity index (χ0v) is 16.8. The Kier molecular flexibility index (Phi) is 5.19. The van der Waals surface area contributed by atoms with Gasteiger partial charge in [0, 0.05) is 25.2 Å². The second-order valence-corrected chi connectivity index (χ2v) is 8.23. The van der Waals surface area contributed by atoms with Crippen LogP contribution in [-0.4, -0.2) is 41.4 Å². The van der Waals surface area contributed by atoms with E-state index in [0.29, 0.717) is 11.8 Å². The summed E-state index contributed by atoms with van der Waals surface area (Å²) in [5.41, 5.74) is 4.49. The fourth-order valence-corrected chi connectivity index (χ4v) is 5.64. The number of benzene rings is 2. The van der Waals surface area contributed by atoms with Gasteiger partial charge in [-0.25, -0.2) is 5.01 Å². The van der Waals surface area contributed by atoms with E-state index in [0.717, 1.165) is 13.0 Å². The third kappa shape index (κ3) is 3.06. The van der Waals surface area contributed by atoms with Gasteiger partial charge in [0.25, 0.3) is 0 Å². The second-order valence-electron chi connectivity index (χ2n) is 8.23. The van der Waals surface area contributed by atoms with Crippen molar-refractivity contribution in [3.8, 4) is 0 Å². The lowest BCUT2D eigenvalue weighted by Crippen LogP contribution is -2.45. The van der Waals surface area contributed by atoms with E-state index in [-0.39, 0.29) is 25.1 Å². The van der Waals surface area contributed by atoms with Crippen LogP contribution in [0.3, 0.4) is 0 Å². The first-order valence-electron chi connectivity index (χ1n) is 10.1. The van der Waals surface area contributed by atoms with Gasteiger partial charge in [0.1, 0.15) is 0 Å². The molecule has 1 saturated heterocycles. The molecule has 0 amide bonds. The number of aliphatic hydroxyl groups excluding tert-OH is 1. The molecule has 1 heterocycles. The lowest BCUT2D eigenvalue weighted by molar-refractivity contribution is -0.00853. The highest BCUT2D eigenvalue weighted by molar-refractivity contribution is 5.87. The van der Waals surface area contributed by atoms with E-state index in [9.17, 15) is 5.11 Å². The minimum absolute atomic E-state index is 0. The van der Waals surface area contributed by atoms with Crippen molar-refractivity contribution >= 4 is 28.8 Å². The van der Waals surface area contributed by atoms with Crippen molar-refractivity contribution in [2.75, 3.05) is 20.2 Å². The van der Waals surface area contributed by atoms with Crippen molar-refractivity contribution in [3.63, 3.8) is 0 Å². The predicted molar refractivity (Wildman–Crippen MR) is 114 cm³/mol. The smallest absolute Gasteiger partial charge is 0.0605 e. The van der Waals surface area contributed by atoms with Crippen LogP contribution in [-0.2, 0) is 0 Å². The Morgan fingerprint density at radius 2 is 1.81 bits per heavy atom. The van der Waals surface area contributed by atoms with Crippen LogP contribution in [0.5, 0.6) is 0 Å². The van der Waals surface area contributed by atoms with Gasteiger partial charge in [-0.1, -0.05) is 36.4 Å². The Morgan fingerprint density at radius 1 is 1.04 bits per heavy atom. The van der Waals surface area contributed by atoms with Crippen molar-refractivity contribution in [2.24, 2.45) is 11.8 Å². The van der Waals surface area contributed by atoms with E-state index < -0.39 is 0 Å². The summed E-state index contributed by atoms with van der Waals surface area (Å²) in [6.07, 6.45) is 6.24. The minimum Gasteiger partial charge on any atom is -0.395 e. The van der Waals surface area contributed by atoms with Crippen molar-refractivity contribution in [1.29, 1.82) is 0 Å². The summed E-state index contributed by atoms with van der Waals surface area (Å²) in [7, 11) is 2.23. The monoisotopic (exact) mass is 384 g/mol. The van der Waals surface area contributed by atoms with Gasteiger partial charge >= 0.3 is 0 Å². The van der Waals surface area contributed by atoms with Gasteiger partial charge in [-0.05, 0) is 66.0 Å². The molecule has 1 saturated carbocycles. The number of fused-ring (bicyclic) bond motifs is 3. The number of hydrogen-bond donors (Lipinski definition) is 1. The van der Waals surface area contributed by atoms with Gasteiger partial charge in [-0.3, -0.25) is 0 Å². The molecule has 3 atom stereocenters. The average molecular weight is 385 g/mol. The van der Waals surface area contributed by atoms with Crippen LogP contribution in [0.25, 0.3) is 16.3 Å². The first-order chi connectivity index (χ1) is 12.8. The van der Waals surface area contributed by atoms with Crippen LogP contribution < -0.4 is 0 Å². The normalized spacial score (nSPS) is 27.4. The van der Waals surface area contributed by atoms with E-state index in [2.05, 4.69) is 59.5 Å². The Bertz CT molecular complexity index is 864. The second kappa shape index (κ2) is 7.46. The number of rotatable bonds is 4. The Labute approximate surface area is 168 Å². The fourth-order valence-electron chi connectivity index (χ4n) is 5.64. The largest absolute Gasteiger partial charge is 0.395 e. The number of hydrazine groups is 1. The molecule has 5 rings (SSSR count). The summed E-state index contributed by atoms with van der Waals surface area (Å²) in [5, 5.41) is 17.3. The zero-order chi connectivity index (χ0) is 17.7. The number of hydrogen-bond acceptors (Lipinski definition) is 3. The molecule has 2 aliphatic carbocycles. The molecule has 2 aromatic carbocycles. The molecular formula is C23H29ClN2O. The van der Waals surface area contributed by atoms with Crippen LogP contribution in [0, 0.1) is 11.8 Å². The van der Waals surface area contributed by atoms with E-state index in [1.807, 2.05) is 0 Å². The molecule has 144 valence electrons. The molecule has 27 heavy (non-hydrogen) atoms. The number of aliphatic hydroxyl groups is 1. The molecule has 3 nitrogen and oxygen atoms in total. The number of allylic oxidation sites excluding steroid dienone is 2. The van der Waals surface area contributed by atoms with Gasteiger partial charge in [-0.15, -0.1) is 12.4 Å². The molecule has 0 radical (unpaired) electrons. The summed E-state index contributed by atoms with van der Waals surface area (Å²) in [6.45, 7) is 1.32. The summed E-state index contributed by atoms with van der Waals surface area (Å²) in [5.74, 6) is 1.39. The molecule has 2 unspecified atom stereocenters. The first kappa shape index (κ1) is 18.8. The molecule has 3 aliphatic rings. The van der Waals surface area contributed by atoms with Crippen molar-refractivity contribution in [3.05, 3.63) is 53.7 Å². The molecular weight excluding hydrogens is 356 g/mol. The molecule has 1 N–H and O–H groups in total. The summed E-state index contributed by atoms with van der Waals surface area (Å²) in [6, 6.07) is 15.9. The predicted octanol–water partition coefficient (Wildman–Crippen LogP) is 4.71. The molecule has 2 fully saturated rings. The lowest BCUT2D eigenvalue weighted by atomic mass is 9.89. The third-order valence-corrected chi connectivity index (χ3v) is 6.85. The van der Waals surface area contributed by atoms with Crippen LogP contribution in [0.4, 0.5) is 0 Å². The zero-order valence-electron chi connectivity index (χ0n) is 16.0. The van der Waals surface area contributed by atoms with Gasteiger partial charge in [0.15, 0.2) is 0 Å². The van der Waals surface area contributed by atoms with E-state index in [4.69, 9.17) is 0 Å². The maximum Gasteiger partial charge on any atom is 0.0605 e. The van der Waals surface area contributed by atoms with E-state index in [1.54, 1.807) is 5.57 Å². The standard InChI is InChI=1S/C23H28N2O.ClH/c1-24(25-12-4-7-21(25)15-26)23-20-11-10-19(14-20)22(23)18-9-8-16-5-2-3-6-17(16)13-18;/h2-3,5-6,8-9,13,19-21,26H,4,7,10-12,14-15H2,1H3;1H/t19?,20?,21-;/m1./s1. The lowest BCUT2D eigenvalue weighted by Gasteiger charge is -2.39. The first-order valence-corrected chi connectivity index (χ1v) is 10.1. The number of halogens is 1. The van der Waals surface area contributed by atoms with Crippen molar-refractivity contribution < 1.29 is 5.11 Å². The molecule has 0 spiro atoms. The highest BCUT2D eigenvalue weighted by Gasteiger charge is 2.43. The highest BCUT2D eigenvalue weighted by Crippen LogP contribution is 2.53. The fraction of sp³-hybridized carbons (Fsp3) is 0.478. The maximum absolute atomic E-state index is 9.78. The summed E-state index contributed by atoms with van der Waals surface area (Å²) >= 11 is 0. The van der Waals surface area contributed by atoms with Gasteiger partial charge < -0.3 is 10.1 Å². The van der Waals surface area contributed by atoms with Gasteiger partial charge in [-0.2, -0.15) is 0 Å². The molecule has 1 aliphatic heterocycles. The van der Waals surface area contributed by atoms with Crippen molar-refractivity contribution in [2.45, 2.75) is 38.1 Å². The van der Waals surface area contributed by atoms with E-state index in [1.165, 1.54) is 47.7 Å². The molecule has 0 aromatic heterocycles.